The molecule has 1 aromatic carbocycles. The number of carbonyl (C=O) groups excluding carboxylic acids is 1. The van der Waals surface area contributed by atoms with Crippen molar-refractivity contribution in [2.75, 3.05) is 0 Å². The van der Waals surface area contributed by atoms with E-state index in [1.807, 2.05) is 30.3 Å². The first kappa shape index (κ1) is 11.5. The van der Waals surface area contributed by atoms with Crippen LogP contribution in [0.25, 0.3) is 0 Å². The first-order valence-electron chi connectivity index (χ1n) is 4.76. The summed E-state index contributed by atoms with van der Waals surface area (Å²) < 4.78 is 0. The van der Waals surface area contributed by atoms with Gasteiger partial charge in [0.1, 0.15) is 0 Å². The highest BCUT2D eigenvalue weighted by Crippen LogP contribution is 2.00. The Morgan fingerprint density at radius 3 is 2.60 bits per heavy atom. The molecule has 1 unspecified atom stereocenters. The zero-order valence-electron chi connectivity index (χ0n) is 8.73. The number of benzene rings is 1. The molecule has 0 aliphatic rings. The van der Waals surface area contributed by atoms with Gasteiger partial charge in [0.05, 0.1) is 0 Å². The fourth-order valence-corrected chi connectivity index (χ4v) is 1.11. The van der Waals surface area contributed by atoms with Crippen LogP contribution in [0.15, 0.2) is 42.5 Å². The summed E-state index contributed by atoms with van der Waals surface area (Å²) in [4.78, 5) is 11.3. The summed E-state index contributed by atoms with van der Waals surface area (Å²) in [6, 6.07) is 9.53. The van der Waals surface area contributed by atoms with Crippen LogP contribution in [-0.4, -0.2) is 17.1 Å². The largest absolute Gasteiger partial charge is 0.379 e. The zero-order chi connectivity index (χ0) is 11.3. The van der Waals surface area contributed by atoms with E-state index in [-0.39, 0.29) is 0 Å². The minimum Gasteiger partial charge on any atom is -0.379 e. The van der Waals surface area contributed by atoms with Gasteiger partial charge in [-0.05, 0) is 18.1 Å². The van der Waals surface area contributed by atoms with Crippen molar-refractivity contribution in [1.29, 1.82) is 0 Å². The van der Waals surface area contributed by atoms with Gasteiger partial charge in [-0.2, -0.15) is 0 Å². The van der Waals surface area contributed by atoms with Gasteiger partial charge in [0.2, 0.25) is 0 Å². The van der Waals surface area contributed by atoms with Crippen LogP contribution < -0.4 is 5.32 Å². The third-order valence-corrected chi connectivity index (χ3v) is 2.02. The van der Waals surface area contributed by atoms with Gasteiger partial charge in [-0.1, -0.05) is 36.9 Å². The monoisotopic (exact) mass is 205 g/mol. The number of nitrogens with one attached hydrogen (secondary N) is 1. The number of rotatable bonds is 4. The number of hydrogen-bond acceptors (Lipinski definition) is 2. The molecule has 1 amide bonds. The van der Waals surface area contributed by atoms with E-state index < -0.39 is 12.0 Å². The summed E-state index contributed by atoms with van der Waals surface area (Å²) in [5.74, 6) is -0.411. The van der Waals surface area contributed by atoms with Gasteiger partial charge >= 0.3 is 0 Å². The molecule has 0 spiro atoms. The number of carbonyl (C=O) groups is 1. The number of amides is 1. The highest BCUT2D eigenvalue weighted by Gasteiger charge is 2.14. The molecular weight excluding hydrogens is 190 g/mol. The van der Waals surface area contributed by atoms with Crippen LogP contribution in [0.4, 0.5) is 0 Å². The molecule has 0 radical (unpaired) electrons. The fourth-order valence-electron chi connectivity index (χ4n) is 1.11. The third-order valence-electron chi connectivity index (χ3n) is 2.02. The molecule has 0 bridgehead atoms. The first-order valence-corrected chi connectivity index (χ1v) is 4.76. The quantitative estimate of drug-likeness (QED) is 0.726. The van der Waals surface area contributed by atoms with Crippen molar-refractivity contribution in [1.82, 2.24) is 5.32 Å². The fraction of sp³-hybridized carbons (Fsp3) is 0.250. The minimum atomic E-state index is -1.12. The van der Waals surface area contributed by atoms with Gasteiger partial charge in [0, 0.05) is 6.54 Å². The standard InChI is InChI=1S/C12H15NO2/c1-9(2)11(14)12(15)13-8-10-6-4-3-5-7-10/h3-7,11,14H,1,8H2,2H3,(H,13,15). The van der Waals surface area contributed by atoms with Crippen LogP contribution in [0.3, 0.4) is 0 Å². The smallest absolute Gasteiger partial charge is 0.253 e. The molecule has 0 heterocycles. The van der Waals surface area contributed by atoms with Crippen LogP contribution in [0.1, 0.15) is 12.5 Å². The van der Waals surface area contributed by atoms with Crippen LogP contribution in [0.5, 0.6) is 0 Å². The molecule has 0 fully saturated rings. The predicted molar refractivity (Wildman–Crippen MR) is 59.1 cm³/mol. The second-order valence-electron chi connectivity index (χ2n) is 3.45. The lowest BCUT2D eigenvalue weighted by Crippen LogP contribution is -2.34. The number of hydrogen-bond donors (Lipinski definition) is 2. The normalized spacial score (nSPS) is 11.9. The van der Waals surface area contributed by atoms with Crippen LogP contribution in [0, 0.1) is 0 Å². The van der Waals surface area contributed by atoms with Gasteiger partial charge < -0.3 is 10.4 Å². The molecule has 3 nitrogen and oxygen atoms in total. The third kappa shape index (κ3) is 3.56. The van der Waals surface area contributed by atoms with Gasteiger partial charge in [-0.15, -0.1) is 0 Å². The summed E-state index contributed by atoms with van der Waals surface area (Å²) >= 11 is 0. The van der Waals surface area contributed by atoms with Crippen molar-refractivity contribution in [3.8, 4) is 0 Å². The highest BCUT2D eigenvalue weighted by molar-refractivity contribution is 5.83. The van der Waals surface area contributed by atoms with E-state index in [1.165, 1.54) is 0 Å². The van der Waals surface area contributed by atoms with Crippen molar-refractivity contribution >= 4 is 5.91 Å². The molecule has 1 aromatic rings. The van der Waals surface area contributed by atoms with Crippen LogP contribution >= 0.6 is 0 Å². The average Bonchev–Trinajstić information content (AvgIpc) is 2.26. The molecule has 80 valence electrons. The molecule has 3 heteroatoms. The average molecular weight is 205 g/mol. The molecule has 0 aromatic heterocycles. The minimum absolute atomic E-state index is 0.411. The Bertz CT molecular complexity index is 346. The molecule has 0 saturated carbocycles. The number of aliphatic hydroxyl groups excluding tert-OH is 1. The molecule has 0 saturated heterocycles. The molecule has 1 rings (SSSR count). The second kappa shape index (κ2) is 5.32. The van der Waals surface area contributed by atoms with E-state index in [1.54, 1.807) is 6.92 Å². The Balaban J connectivity index is 2.44. The van der Waals surface area contributed by atoms with Crippen molar-refractivity contribution in [2.24, 2.45) is 0 Å². The summed E-state index contributed by atoms with van der Waals surface area (Å²) in [5.41, 5.74) is 1.44. The molecule has 15 heavy (non-hydrogen) atoms. The summed E-state index contributed by atoms with van der Waals surface area (Å²) in [6.07, 6.45) is -1.12. The van der Waals surface area contributed by atoms with Crippen LogP contribution in [-0.2, 0) is 11.3 Å². The number of aliphatic hydroxyl groups is 1. The molecule has 2 N–H and O–H groups in total. The Kier molecular flexibility index (Phi) is 4.06. The maximum absolute atomic E-state index is 11.3. The topological polar surface area (TPSA) is 49.3 Å². The Morgan fingerprint density at radius 2 is 2.07 bits per heavy atom. The van der Waals surface area contributed by atoms with Crippen LogP contribution in [0.2, 0.25) is 0 Å². The second-order valence-corrected chi connectivity index (χ2v) is 3.45. The lowest BCUT2D eigenvalue weighted by atomic mass is 10.1. The molecular formula is C12H15NO2. The van der Waals surface area contributed by atoms with E-state index in [0.717, 1.165) is 5.56 Å². The molecule has 0 aliphatic heterocycles. The van der Waals surface area contributed by atoms with Crippen molar-refractivity contribution in [3.63, 3.8) is 0 Å². The van der Waals surface area contributed by atoms with Crippen molar-refractivity contribution in [2.45, 2.75) is 19.6 Å². The highest BCUT2D eigenvalue weighted by atomic mass is 16.3. The Hall–Kier alpha value is -1.61. The maximum atomic E-state index is 11.3. The summed E-state index contributed by atoms with van der Waals surface area (Å²) in [7, 11) is 0. The van der Waals surface area contributed by atoms with Gasteiger partial charge in [0.25, 0.3) is 5.91 Å². The molecule has 1 atom stereocenters. The summed E-state index contributed by atoms with van der Waals surface area (Å²) in [5, 5.41) is 12.0. The van der Waals surface area contributed by atoms with Gasteiger partial charge in [0.15, 0.2) is 6.10 Å². The summed E-state index contributed by atoms with van der Waals surface area (Å²) in [6.45, 7) is 5.56. The van der Waals surface area contributed by atoms with E-state index in [0.29, 0.717) is 12.1 Å². The molecule has 0 aliphatic carbocycles. The lowest BCUT2D eigenvalue weighted by molar-refractivity contribution is -0.127. The first-order chi connectivity index (χ1) is 7.11. The van der Waals surface area contributed by atoms with Crippen molar-refractivity contribution < 1.29 is 9.90 Å². The van der Waals surface area contributed by atoms with E-state index in [4.69, 9.17) is 0 Å². The van der Waals surface area contributed by atoms with Crippen molar-refractivity contribution in [3.05, 3.63) is 48.0 Å². The lowest BCUT2D eigenvalue weighted by Gasteiger charge is -2.10. The Labute approximate surface area is 89.4 Å². The predicted octanol–water partition coefficient (Wildman–Crippen LogP) is 1.24. The zero-order valence-corrected chi connectivity index (χ0v) is 8.73. The van der Waals surface area contributed by atoms with E-state index >= 15 is 0 Å². The maximum Gasteiger partial charge on any atom is 0.253 e. The van der Waals surface area contributed by atoms with Gasteiger partial charge in [-0.3, -0.25) is 4.79 Å². The SMILES string of the molecule is C=C(C)C(O)C(=O)NCc1ccccc1. The van der Waals surface area contributed by atoms with E-state index in [9.17, 15) is 9.90 Å². The van der Waals surface area contributed by atoms with Gasteiger partial charge in [-0.25, -0.2) is 0 Å². The van der Waals surface area contributed by atoms with E-state index in [2.05, 4.69) is 11.9 Å². The Morgan fingerprint density at radius 1 is 1.47 bits per heavy atom.